The molecule has 158 valence electrons. The monoisotopic (exact) mass is 426 g/mol. The molecule has 2 aromatic rings. The van der Waals surface area contributed by atoms with Crippen LogP contribution >= 0.6 is 0 Å². The number of carbonyl (C=O) groups excluding carboxylic acids is 2. The molecule has 6 nitrogen and oxygen atoms in total. The number of nitrogens with one attached hydrogen (secondary N) is 1. The maximum atomic E-state index is 13.1. The molecule has 0 radical (unpaired) electrons. The Hall–Kier alpha value is -2.93. The molecule has 1 aliphatic heterocycles. The number of rotatable bonds is 6. The van der Waals surface area contributed by atoms with Crippen LogP contribution in [0.1, 0.15) is 54.2 Å². The van der Waals surface area contributed by atoms with Crippen molar-refractivity contribution in [2.24, 2.45) is 0 Å². The molecule has 2 amide bonds. The topological polar surface area (TPSA) is 83.6 Å². The maximum Gasteiger partial charge on any atom is 0.268 e. The van der Waals surface area contributed by atoms with Gasteiger partial charge in [0.15, 0.2) is 0 Å². The van der Waals surface area contributed by atoms with Crippen LogP contribution in [0, 0.1) is 6.92 Å². The van der Waals surface area contributed by atoms with Gasteiger partial charge in [0.25, 0.3) is 21.8 Å². The summed E-state index contributed by atoms with van der Waals surface area (Å²) in [5.74, 6) is -0.705. The SMILES string of the molecule is CC[C@@H](C)NC(=O)c1ccc(CN2C(=O)C(C)=C(c3ccc(C)cc3)S2(=O)=O)cc1. The molecule has 1 atom stereocenters. The number of sulfonamides is 1. The summed E-state index contributed by atoms with van der Waals surface area (Å²) in [6.07, 6.45) is 0.828. The van der Waals surface area contributed by atoms with Crippen molar-refractivity contribution in [3.8, 4) is 0 Å². The Morgan fingerprint density at radius 2 is 1.63 bits per heavy atom. The van der Waals surface area contributed by atoms with E-state index in [4.69, 9.17) is 0 Å². The van der Waals surface area contributed by atoms with E-state index in [0.717, 1.165) is 16.3 Å². The van der Waals surface area contributed by atoms with Crippen molar-refractivity contribution in [3.05, 3.63) is 76.4 Å². The van der Waals surface area contributed by atoms with Crippen LogP contribution in [0.25, 0.3) is 4.91 Å². The van der Waals surface area contributed by atoms with Crippen molar-refractivity contribution in [1.82, 2.24) is 9.62 Å². The smallest absolute Gasteiger partial charge is 0.268 e. The van der Waals surface area contributed by atoms with Gasteiger partial charge in [-0.1, -0.05) is 48.9 Å². The second-order valence-electron chi connectivity index (χ2n) is 7.62. The first-order valence-electron chi connectivity index (χ1n) is 9.90. The minimum absolute atomic E-state index is 0.0528. The highest BCUT2D eigenvalue weighted by atomic mass is 32.2. The van der Waals surface area contributed by atoms with E-state index in [0.29, 0.717) is 16.7 Å². The molecular weight excluding hydrogens is 400 g/mol. The minimum atomic E-state index is -3.95. The number of amides is 2. The highest BCUT2D eigenvalue weighted by Crippen LogP contribution is 2.36. The molecular formula is C23H26N2O4S. The zero-order valence-electron chi connectivity index (χ0n) is 17.6. The normalized spacial score (nSPS) is 16.7. The Balaban J connectivity index is 1.82. The molecule has 0 saturated heterocycles. The predicted molar refractivity (Wildman–Crippen MR) is 117 cm³/mol. The number of nitrogens with zero attached hydrogens (tertiary/aromatic N) is 1. The summed E-state index contributed by atoms with van der Waals surface area (Å²) in [7, 11) is -3.95. The van der Waals surface area contributed by atoms with Crippen molar-refractivity contribution in [1.29, 1.82) is 0 Å². The second kappa shape index (κ2) is 8.44. The van der Waals surface area contributed by atoms with E-state index in [-0.39, 0.29) is 29.0 Å². The van der Waals surface area contributed by atoms with Crippen molar-refractivity contribution >= 4 is 26.7 Å². The number of aryl methyl sites for hydroxylation is 1. The second-order valence-corrected chi connectivity index (χ2v) is 9.42. The lowest BCUT2D eigenvalue weighted by Gasteiger charge is -2.17. The highest BCUT2D eigenvalue weighted by Gasteiger charge is 2.42. The van der Waals surface area contributed by atoms with Crippen molar-refractivity contribution in [2.45, 2.75) is 46.7 Å². The van der Waals surface area contributed by atoms with Gasteiger partial charge in [0.1, 0.15) is 4.91 Å². The molecule has 0 spiro atoms. The van der Waals surface area contributed by atoms with Gasteiger partial charge in [-0.05, 0) is 50.5 Å². The molecule has 7 heteroatoms. The van der Waals surface area contributed by atoms with Gasteiger partial charge >= 0.3 is 0 Å². The van der Waals surface area contributed by atoms with Gasteiger partial charge in [0.2, 0.25) is 0 Å². The van der Waals surface area contributed by atoms with E-state index in [1.165, 1.54) is 6.92 Å². The molecule has 1 N–H and O–H groups in total. The van der Waals surface area contributed by atoms with E-state index in [1.54, 1.807) is 36.4 Å². The van der Waals surface area contributed by atoms with Crippen molar-refractivity contribution < 1.29 is 18.0 Å². The summed E-state index contributed by atoms with van der Waals surface area (Å²) in [4.78, 5) is 25.0. The first-order chi connectivity index (χ1) is 14.1. The number of hydrogen-bond acceptors (Lipinski definition) is 4. The van der Waals surface area contributed by atoms with Crippen LogP contribution in [0.4, 0.5) is 0 Å². The van der Waals surface area contributed by atoms with Gasteiger partial charge in [-0.25, -0.2) is 12.7 Å². The molecule has 0 bridgehead atoms. The molecule has 0 unspecified atom stereocenters. The fourth-order valence-corrected chi connectivity index (χ4v) is 5.06. The van der Waals surface area contributed by atoms with Crippen LogP contribution in [0.2, 0.25) is 0 Å². The summed E-state index contributed by atoms with van der Waals surface area (Å²) in [5, 5.41) is 2.89. The number of carbonyl (C=O) groups is 2. The maximum absolute atomic E-state index is 13.1. The Labute approximate surface area is 177 Å². The predicted octanol–water partition coefficient (Wildman–Crippen LogP) is 3.63. The standard InChI is InChI=1S/C23H26N2O4S/c1-5-16(3)24-22(26)20-12-8-18(9-13-20)14-25-23(27)17(4)21(30(25,28)29)19-10-6-15(2)7-11-19/h6-13,16H,5,14H2,1-4H3,(H,24,26)/t16-/m1/s1. The molecule has 30 heavy (non-hydrogen) atoms. The summed E-state index contributed by atoms with van der Waals surface area (Å²) in [5.41, 5.74) is 2.84. The van der Waals surface area contributed by atoms with E-state index in [9.17, 15) is 18.0 Å². The Kier molecular flexibility index (Phi) is 6.12. The third-order valence-electron chi connectivity index (χ3n) is 5.28. The molecule has 0 aliphatic carbocycles. The lowest BCUT2D eigenvalue weighted by Crippen LogP contribution is -2.32. The molecule has 0 aromatic heterocycles. The van der Waals surface area contributed by atoms with E-state index in [1.807, 2.05) is 32.9 Å². The summed E-state index contributed by atoms with van der Waals surface area (Å²) >= 11 is 0. The largest absolute Gasteiger partial charge is 0.350 e. The highest BCUT2D eigenvalue weighted by molar-refractivity contribution is 7.99. The van der Waals surface area contributed by atoms with Crippen LogP contribution in [0.3, 0.4) is 0 Å². The van der Waals surface area contributed by atoms with E-state index < -0.39 is 15.9 Å². The molecule has 2 aromatic carbocycles. The van der Waals surface area contributed by atoms with E-state index >= 15 is 0 Å². The first-order valence-corrected chi connectivity index (χ1v) is 11.3. The molecule has 1 heterocycles. The van der Waals surface area contributed by atoms with Crippen LogP contribution < -0.4 is 5.32 Å². The Morgan fingerprint density at radius 3 is 2.20 bits per heavy atom. The molecule has 0 saturated carbocycles. The van der Waals surface area contributed by atoms with Crippen LogP contribution in [-0.4, -0.2) is 30.6 Å². The van der Waals surface area contributed by atoms with Gasteiger partial charge < -0.3 is 5.32 Å². The van der Waals surface area contributed by atoms with Gasteiger partial charge in [0, 0.05) is 17.2 Å². The lowest BCUT2D eigenvalue weighted by molar-refractivity contribution is -0.122. The summed E-state index contributed by atoms with van der Waals surface area (Å²) in [6.45, 7) is 7.29. The Bertz CT molecular complexity index is 1100. The summed E-state index contributed by atoms with van der Waals surface area (Å²) in [6, 6.07) is 13.8. The van der Waals surface area contributed by atoms with E-state index in [2.05, 4.69) is 5.32 Å². The van der Waals surface area contributed by atoms with Crippen molar-refractivity contribution in [3.63, 3.8) is 0 Å². The third kappa shape index (κ3) is 4.16. The fourth-order valence-electron chi connectivity index (χ4n) is 3.26. The average molecular weight is 427 g/mol. The molecule has 3 rings (SSSR count). The zero-order valence-corrected chi connectivity index (χ0v) is 18.4. The quantitative estimate of drug-likeness (QED) is 0.765. The minimum Gasteiger partial charge on any atom is -0.350 e. The van der Waals surface area contributed by atoms with Gasteiger partial charge in [-0.15, -0.1) is 0 Å². The van der Waals surface area contributed by atoms with Crippen LogP contribution in [0.5, 0.6) is 0 Å². The number of hydrogen-bond donors (Lipinski definition) is 1. The van der Waals surface area contributed by atoms with Gasteiger partial charge in [0.05, 0.1) is 6.54 Å². The number of benzene rings is 2. The molecule has 1 aliphatic rings. The van der Waals surface area contributed by atoms with Gasteiger partial charge in [-0.3, -0.25) is 9.59 Å². The Morgan fingerprint density at radius 1 is 1.03 bits per heavy atom. The average Bonchev–Trinajstić information content (AvgIpc) is 2.88. The third-order valence-corrected chi connectivity index (χ3v) is 7.21. The first kappa shape index (κ1) is 21.8. The lowest BCUT2D eigenvalue weighted by atomic mass is 10.1. The van der Waals surface area contributed by atoms with Crippen LogP contribution in [-0.2, 0) is 21.4 Å². The molecule has 0 fully saturated rings. The van der Waals surface area contributed by atoms with Crippen molar-refractivity contribution in [2.75, 3.05) is 0 Å². The van der Waals surface area contributed by atoms with Crippen LogP contribution in [0.15, 0.2) is 54.1 Å². The zero-order chi connectivity index (χ0) is 22.1. The van der Waals surface area contributed by atoms with Gasteiger partial charge in [-0.2, -0.15) is 0 Å². The summed E-state index contributed by atoms with van der Waals surface area (Å²) < 4.78 is 27.1. The fraction of sp³-hybridized carbons (Fsp3) is 0.304.